The van der Waals surface area contributed by atoms with Crippen molar-refractivity contribution in [2.24, 2.45) is 0 Å². The highest BCUT2D eigenvalue weighted by Crippen LogP contribution is 2.24. The minimum Gasteiger partial charge on any atom is -0.354 e. The first-order valence-corrected chi connectivity index (χ1v) is 11.6. The van der Waals surface area contributed by atoms with Crippen molar-refractivity contribution in [1.82, 2.24) is 20.3 Å². The van der Waals surface area contributed by atoms with Crippen molar-refractivity contribution in [1.29, 1.82) is 5.26 Å². The molecule has 1 amide bonds. The summed E-state index contributed by atoms with van der Waals surface area (Å²) in [5.41, 5.74) is 4.21. The second kappa shape index (κ2) is 10.8. The fraction of sp³-hybridized carbons (Fsp3) is 0.346. The van der Waals surface area contributed by atoms with Gasteiger partial charge in [-0.15, -0.1) is 0 Å². The number of pyridine rings is 1. The number of aryl methyl sites for hydroxylation is 2. The summed E-state index contributed by atoms with van der Waals surface area (Å²) in [4.78, 5) is 28.2. The Morgan fingerprint density at radius 3 is 2.91 bits per heavy atom. The second-order valence-corrected chi connectivity index (χ2v) is 8.59. The number of benzene rings is 1. The lowest BCUT2D eigenvalue weighted by atomic mass is 10.1. The van der Waals surface area contributed by atoms with Gasteiger partial charge in [0.2, 0.25) is 11.9 Å². The summed E-state index contributed by atoms with van der Waals surface area (Å²) in [5, 5.41) is 15.7. The molecule has 1 atom stereocenters. The molecule has 3 aromatic rings. The van der Waals surface area contributed by atoms with Crippen LogP contribution in [0.1, 0.15) is 42.1 Å². The molecule has 1 saturated heterocycles. The number of hydrogen-bond donors (Lipinski definition) is 2. The zero-order valence-electron chi connectivity index (χ0n) is 19.6. The third kappa shape index (κ3) is 5.87. The Labute approximate surface area is 200 Å². The van der Waals surface area contributed by atoms with Gasteiger partial charge in [-0.2, -0.15) is 10.2 Å². The lowest BCUT2D eigenvalue weighted by molar-refractivity contribution is -0.121. The first-order valence-electron chi connectivity index (χ1n) is 11.6. The molecule has 1 aromatic carbocycles. The number of aromatic nitrogens is 3. The van der Waals surface area contributed by atoms with Crippen LogP contribution in [0.5, 0.6) is 0 Å². The average Bonchev–Trinajstić information content (AvgIpc) is 3.29. The first-order chi connectivity index (χ1) is 16.5. The van der Waals surface area contributed by atoms with Crippen LogP contribution < -0.4 is 15.5 Å². The summed E-state index contributed by atoms with van der Waals surface area (Å²) in [6.07, 6.45) is 6.44. The fourth-order valence-electron chi connectivity index (χ4n) is 4.09. The van der Waals surface area contributed by atoms with Crippen molar-refractivity contribution in [3.63, 3.8) is 0 Å². The predicted molar refractivity (Wildman–Crippen MR) is 132 cm³/mol. The van der Waals surface area contributed by atoms with Gasteiger partial charge in [-0.3, -0.25) is 9.78 Å². The minimum atomic E-state index is 0.00392. The molecule has 2 aromatic heterocycles. The van der Waals surface area contributed by atoms with Crippen molar-refractivity contribution >= 4 is 23.4 Å². The highest BCUT2D eigenvalue weighted by molar-refractivity contribution is 5.79. The standard InChI is InChI=1S/C26H29N7O/c1-3-5-21-14-24(32-26(30-21)31-22-8-7-18(2)20(13-22)15-27)33-11-9-23(17-33)29-25(34)12-19-6-4-10-28-16-19/h4,6-8,10,13-14,16,23H,3,5,9,11-12,17H2,1-2H3,(H,29,34)(H,30,31,32). The molecule has 1 unspecified atom stereocenters. The normalized spacial score (nSPS) is 15.1. The maximum atomic E-state index is 12.5. The van der Waals surface area contributed by atoms with Gasteiger partial charge in [-0.1, -0.05) is 25.5 Å². The smallest absolute Gasteiger partial charge is 0.229 e. The molecule has 34 heavy (non-hydrogen) atoms. The van der Waals surface area contributed by atoms with Gasteiger partial charge in [0.15, 0.2) is 0 Å². The monoisotopic (exact) mass is 455 g/mol. The Morgan fingerprint density at radius 1 is 1.26 bits per heavy atom. The third-order valence-electron chi connectivity index (χ3n) is 5.85. The molecular formula is C26H29N7O. The van der Waals surface area contributed by atoms with E-state index in [1.807, 2.05) is 43.3 Å². The van der Waals surface area contributed by atoms with Crippen LogP contribution in [0.25, 0.3) is 0 Å². The minimum absolute atomic E-state index is 0.00392. The zero-order valence-corrected chi connectivity index (χ0v) is 19.6. The number of anilines is 3. The van der Waals surface area contributed by atoms with Gasteiger partial charge < -0.3 is 15.5 Å². The molecule has 1 fully saturated rings. The van der Waals surface area contributed by atoms with E-state index in [0.717, 1.165) is 54.1 Å². The number of amides is 1. The van der Waals surface area contributed by atoms with Gasteiger partial charge in [-0.25, -0.2) is 4.98 Å². The number of rotatable bonds is 8. The van der Waals surface area contributed by atoms with E-state index in [0.29, 0.717) is 24.5 Å². The summed E-state index contributed by atoms with van der Waals surface area (Å²) in [6.45, 7) is 5.54. The van der Waals surface area contributed by atoms with Crippen molar-refractivity contribution < 1.29 is 4.79 Å². The van der Waals surface area contributed by atoms with E-state index in [1.54, 1.807) is 12.4 Å². The van der Waals surface area contributed by atoms with E-state index in [1.165, 1.54) is 0 Å². The Morgan fingerprint density at radius 2 is 2.15 bits per heavy atom. The maximum Gasteiger partial charge on any atom is 0.229 e. The lowest BCUT2D eigenvalue weighted by Gasteiger charge is -2.20. The quantitative estimate of drug-likeness (QED) is 0.533. The van der Waals surface area contributed by atoms with Crippen LogP contribution in [-0.2, 0) is 17.6 Å². The van der Waals surface area contributed by atoms with E-state index in [-0.39, 0.29) is 11.9 Å². The van der Waals surface area contributed by atoms with E-state index in [2.05, 4.69) is 38.5 Å². The lowest BCUT2D eigenvalue weighted by Crippen LogP contribution is -2.38. The highest BCUT2D eigenvalue weighted by Gasteiger charge is 2.25. The van der Waals surface area contributed by atoms with Crippen molar-refractivity contribution in [2.45, 2.75) is 45.6 Å². The molecule has 174 valence electrons. The van der Waals surface area contributed by atoms with Crippen molar-refractivity contribution in [3.8, 4) is 6.07 Å². The second-order valence-electron chi connectivity index (χ2n) is 8.59. The molecule has 1 aliphatic rings. The average molecular weight is 456 g/mol. The molecular weight excluding hydrogens is 426 g/mol. The summed E-state index contributed by atoms with van der Waals surface area (Å²) >= 11 is 0. The van der Waals surface area contributed by atoms with Gasteiger partial charge >= 0.3 is 0 Å². The van der Waals surface area contributed by atoms with E-state index >= 15 is 0 Å². The van der Waals surface area contributed by atoms with E-state index < -0.39 is 0 Å². The number of nitrogens with zero attached hydrogens (tertiary/aromatic N) is 5. The van der Waals surface area contributed by atoms with Crippen LogP contribution in [0, 0.1) is 18.3 Å². The molecule has 0 spiro atoms. The molecule has 0 saturated carbocycles. The van der Waals surface area contributed by atoms with Crippen LogP contribution in [-0.4, -0.2) is 40.0 Å². The number of nitrogens with one attached hydrogen (secondary N) is 2. The Balaban J connectivity index is 1.45. The SMILES string of the molecule is CCCc1cc(N2CCC(NC(=O)Cc3cccnc3)C2)nc(Nc2ccc(C)c(C#N)c2)n1. The Hall–Kier alpha value is -3.99. The number of nitriles is 1. The maximum absolute atomic E-state index is 12.5. The van der Waals surface area contributed by atoms with Crippen LogP contribution in [0.3, 0.4) is 0 Å². The molecule has 2 N–H and O–H groups in total. The molecule has 0 bridgehead atoms. The first kappa shape index (κ1) is 23.2. The van der Waals surface area contributed by atoms with Crippen LogP contribution in [0.2, 0.25) is 0 Å². The summed E-state index contributed by atoms with van der Waals surface area (Å²) in [6, 6.07) is 13.7. The third-order valence-corrected chi connectivity index (χ3v) is 5.85. The van der Waals surface area contributed by atoms with Crippen LogP contribution in [0.4, 0.5) is 17.5 Å². The van der Waals surface area contributed by atoms with Gasteiger partial charge in [0.1, 0.15) is 5.82 Å². The highest BCUT2D eigenvalue weighted by atomic mass is 16.1. The molecule has 1 aliphatic heterocycles. The number of hydrogen-bond acceptors (Lipinski definition) is 7. The molecule has 0 radical (unpaired) electrons. The summed E-state index contributed by atoms with van der Waals surface area (Å²) < 4.78 is 0. The Kier molecular flexibility index (Phi) is 7.33. The molecule has 8 nitrogen and oxygen atoms in total. The molecule has 3 heterocycles. The van der Waals surface area contributed by atoms with Crippen molar-refractivity contribution in [3.05, 3.63) is 71.2 Å². The van der Waals surface area contributed by atoms with Gasteiger partial charge in [0.05, 0.1) is 18.1 Å². The summed E-state index contributed by atoms with van der Waals surface area (Å²) in [5.74, 6) is 1.36. The Bertz CT molecular complexity index is 1190. The fourth-order valence-corrected chi connectivity index (χ4v) is 4.09. The van der Waals surface area contributed by atoms with Gasteiger partial charge in [0, 0.05) is 49.0 Å². The number of carbonyl (C=O) groups is 1. The topological polar surface area (TPSA) is 107 Å². The zero-order chi connectivity index (χ0) is 23.9. The molecule has 4 rings (SSSR count). The van der Waals surface area contributed by atoms with Crippen LogP contribution in [0.15, 0.2) is 48.8 Å². The number of carbonyl (C=O) groups excluding carboxylic acids is 1. The molecule has 0 aliphatic carbocycles. The van der Waals surface area contributed by atoms with Crippen LogP contribution >= 0.6 is 0 Å². The molecule has 8 heteroatoms. The van der Waals surface area contributed by atoms with E-state index in [9.17, 15) is 10.1 Å². The van der Waals surface area contributed by atoms with Gasteiger partial charge in [-0.05, 0) is 49.1 Å². The summed E-state index contributed by atoms with van der Waals surface area (Å²) in [7, 11) is 0. The largest absolute Gasteiger partial charge is 0.354 e. The predicted octanol–water partition coefficient (Wildman–Crippen LogP) is 3.69. The van der Waals surface area contributed by atoms with Gasteiger partial charge in [0.25, 0.3) is 0 Å². The van der Waals surface area contributed by atoms with E-state index in [4.69, 9.17) is 4.98 Å². The van der Waals surface area contributed by atoms with Crippen molar-refractivity contribution in [2.75, 3.05) is 23.3 Å².